The summed E-state index contributed by atoms with van der Waals surface area (Å²) in [5.41, 5.74) is 4.17. The first-order chi connectivity index (χ1) is 11.7. The highest BCUT2D eigenvalue weighted by atomic mass is 32.2. The summed E-state index contributed by atoms with van der Waals surface area (Å²) in [6, 6.07) is 8.18. The quantitative estimate of drug-likeness (QED) is 0.863. The van der Waals surface area contributed by atoms with Gasteiger partial charge in [-0.2, -0.15) is 4.98 Å². The van der Waals surface area contributed by atoms with Crippen molar-refractivity contribution in [2.24, 2.45) is 0 Å². The number of hydrogen-bond donors (Lipinski definition) is 1. The van der Waals surface area contributed by atoms with E-state index in [0.717, 1.165) is 46.5 Å². The molecule has 0 saturated carbocycles. The third-order valence-corrected chi connectivity index (χ3v) is 5.24. The van der Waals surface area contributed by atoms with E-state index in [1.54, 1.807) is 11.8 Å². The van der Waals surface area contributed by atoms with Crippen LogP contribution in [0.2, 0.25) is 0 Å². The molecule has 6 heteroatoms. The fourth-order valence-corrected chi connectivity index (χ4v) is 3.94. The van der Waals surface area contributed by atoms with Crippen LogP contribution in [0.3, 0.4) is 0 Å². The van der Waals surface area contributed by atoms with Crippen molar-refractivity contribution in [1.29, 1.82) is 0 Å². The Balaban J connectivity index is 1.87. The van der Waals surface area contributed by atoms with Crippen molar-refractivity contribution in [3.8, 4) is 0 Å². The molecule has 0 amide bonds. The van der Waals surface area contributed by atoms with Gasteiger partial charge in [0.15, 0.2) is 5.78 Å². The van der Waals surface area contributed by atoms with E-state index in [2.05, 4.69) is 53.5 Å². The lowest BCUT2D eigenvalue weighted by Crippen LogP contribution is -2.31. The van der Waals surface area contributed by atoms with Crippen molar-refractivity contribution < 1.29 is 4.79 Å². The second-order valence-electron chi connectivity index (χ2n) is 6.20. The molecule has 0 fully saturated rings. The summed E-state index contributed by atoms with van der Waals surface area (Å²) >= 11 is 1.62. The standard InChI is InChI=1S/C18H20N4OS/c1-3-24-18-20-17-19-13-5-4-6-14(23)15(13)16(22(17)21-18)12-9-7-11(2)8-10-12/h7-10,16H,3-6H2,1-2H3,(H,19,20,21)/t16-/m1/s1. The number of aryl methyl sites for hydroxylation is 1. The molecule has 1 aliphatic heterocycles. The van der Waals surface area contributed by atoms with Gasteiger partial charge < -0.3 is 5.32 Å². The van der Waals surface area contributed by atoms with Gasteiger partial charge in [-0.05, 0) is 31.1 Å². The monoisotopic (exact) mass is 340 g/mol. The van der Waals surface area contributed by atoms with Gasteiger partial charge in [0.2, 0.25) is 11.1 Å². The highest BCUT2D eigenvalue weighted by Gasteiger charge is 2.36. The van der Waals surface area contributed by atoms with Crippen molar-refractivity contribution in [3.63, 3.8) is 0 Å². The molecule has 1 N–H and O–H groups in total. The zero-order valence-electron chi connectivity index (χ0n) is 13.9. The van der Waals surface area contributed by atoms with Crippen molar-refractivity contribution in [1.82, 2.24) is 14.8 Å². The van der Waals surface area contributed by atoms with Gasteiger partial charge >= 0.3 is 0 Å². The Morgan fingerprint density at radius 3 is 2.83 bits per heavy atom. The minimum Gasteiger partial charge on any atom is -0.328 e. The van der Waals surface area contributed by atoms with Gasteiger partial charge in [0.05, 0.1) is 0 Å². The number of nitrogens with zero attached hydrogens (tertiary/aromatic N) is 3. The van der Waals surface area contributed by atoms with Gasteiger partial charge in [0.25, 0.3) is 0 Å². The Morgan fingerprint density at radius 2 is 2.08 bits per heavy atom. The predicted molar refractivity (Wildman–Crippen MR) is 95.2 cm³/mol. The van der Waals surface area contributed by atoms with E-state index in [-0.39, 0.29) is 11.8 Å². The number of thioether (sulfide) groups is 1. The van der Waals surface area contributed by atoms with Crippen LogP contribution in [-0.2, 0) is 4.79 Å². The molecule has 0 bridgehead atoms. The molecule has 5 nitrogen and oxygen atoms in total. The molecule has 0 unspecified atom stereocenters. The zero-order valence-corrected chi connectivity index (χ0v) is 14.7. The van der Waals surface area contributed by atoms with Crippen LogP contribution in [0, 0.1) is 6.92 Å². The number of anilines is 1. The number of rotatable bonds is 3. The third kappa shape index (κ3) is 2.55. The number of aromatic nitrogens is 3. The highest BCUT2D eigenvalue weighted by molar-refractivity contribution is 7.99. The first-order valence-electron chi connectivity index (χ1n) is 8.36. The van der Waals surface area contributed by atoms with E-state index in [9.17, 15) is 4.79 Å². The lowest BCUT2D eigenvalue weighted by atomic mass is 9.85. The summed E-state index contributed by atoms with van der Waals surface area (Å²) in [7, 11) is 0. The van der Waals surface area contributed by atoms with E-state index in [1.807, 2.05) is 4.68 Å². The molecule has 2 aromatic rings. The molecule has 2 aliphatic rings. The lowest BCUT2D eigenvalue weighted by Gasteiger charge is -2.32. The van der Waals surface area contributed by atoms with Gasteiger partial charge in [0.1, 0.15) is 6.04 Å². The Hall–Kier alpha value is -2.08. The molecule has 24 heavy (non-hydrogen) atoms. The van der Waals surface area contributed by atoms with Gasteiger partial charge in [0, 0.05) is 17.7 Å². The number of hydrogen-bond acceptors (Lipinski definition) is 5. The largest absolute Gasteiger partial charge is 0.328 e. The third-order valence-electron chi connectivity index (χ3n) is 4.52. The second-order valence-corrected chi connectivity index (χ2v) is 7.43. The van der Waals surface area contributed by atoms with Crippen LogP contribution in [0.4, 0.5) is 5.95 Å². The van der Waals surface area contributed by atoms with Gasteiger partial charge in [-0.3, -0.25) is 4.79 Å². The number of Topliss-reactive ketones (excluding diaryl/α,β-unsaturated/α-hetero) is 1. The van der Waals surface area contributed by atoms with Gasteiger partial charge in [-0.25, -0.2) is 4.68 Å². The molecule has 1 atom stereocenters. The highest BCUT2D eigenvalue weighted by Crippen LogP contribution is 2.40. The molecule has 1 aromatic carbocycles. The number of allylic oxidation sites excluding steroid dienone is 2. The molecule has 4 rings (SSSR count). The smallest absolute Gasteiger partial charge is 0.227 e. The van der Waals surface area contributed by atoms with Crippen LogP contribution < -0.4 is 5.32 Å². The molecule has 0 radical (unpaired) electrons. The van der Waals surface area contributed by atoms with E-state index in [0.29, 0.717) is 6.42 Å². The molecule has 1 aliphatic carbocycles. The summed E-state index contributed by atoms with van der Waals surface area (Å²) < 4.78 is 1.88. The van der Waals surface area contributed by atoms with Gasteiger partial charge in [-0.1, -0.05) is 48.5 Å². The van der Waals surface area contributed by atoms with E-state index in [4.69, 9.17) is 0 Å². The SMILES string of the molecule is CCSc1nc2n(n1)[C@H](c1ccc(C)cc1)C1=C(CCCC1=O)N2. The molecular weight excluding hydrogens is 320 g/mol. The molecular formula is C18H20N4OS. The predicted octanol–water partition coefficient (Wildman–Crippen LogP) is 3.72. The van der Waals surface area contributed by atoms with Crippen LogP contribution >= 0.6 is 11.8 Å². The summed E-state index contributed by atoms with van der Waals surface area (Å²) in [6.45, 7) is 4.15. The van der Waals surface area contributed by atoms with Crippen molar-refractivity contribution in [3.05, 3.63) is 46.7 Å². The number of carbonyl (C=O) groups is 1. The Morgan fingerprint density at radius 1 is 1.29 bits per heavy atom. The maximum absolute atomic E-state index is 12.7. The minimum absolute atomic E-state index is 0.177. The van der Waals surface area contributed by atoms with Crippen LogP contribution in [-0.4, -0.2) is 26.3 Å². The zero-order chi connectivity index (χ0) is 16.7. The fourth-order valence-electron chi connectivity index (χ4n) is 3.38. The summed E-state index contributed by atoms with van der Waals surface area (Å²) in [5, 5.41) is 8.77. The minimum atomic E-state index is -0.177. The van der Waals surface area contributed by atoms with Crippen LogP contribution in [0.5, 0.6) is 0 Å². The summed E-state index contributed by atoms with van der Waals surface area (Å²) in [4.78, 5) is 17.3. The molecule has 124 valence electrons. The average molecular weight is 340 g/mol. The Kier molecular flexibility index (Phi) is 3.92. The molecule has 1 aromatic heterocycles. The van der Waals surface area contributed by atoms with Crippen LogP contribution in [0.1, 0.15) is 43.4 Å². The lowest BCUT2D eigenvalue weighted by molar-refractivity contribution is -0.116. The normalized spacial score (nSPS) is 19.8. The molecule has 2 heterocycles. The molecule has 0 spiro atoms. The topological polar surface area (TPSA) is 59.8 Å². The number of carbonyl (C=O) groups excluding carboxylic acids is 1. The maximum Gasteiger partial charge on any atom is 0.227 e. The first-order valence-corrected chi connectivity index (χ1v) is 9.35. The van der Waals surface area contributed by atoms with Crippen molar-refractivity contribution in [2.45, 2.75) is 44.3 Å². The first kappa shape index (κ1) is 15.4. The summed E-state index contributed by atoms with van der Waals surface area (Å²) in [5.74, 6) is 1.88. The number of fused-ring (bicyclic) bond motifs is 1. The van der Waals surface area contributed by atoms with E-state index < -0.39 is 0 Å². The fraction of sp³-hybridized carbons (Fsp3) is 0.389. The molecule has 0 saturated heterocycles. The van der Waals surface area contributed by atoms with E-state index >= 15 is 0 Å². The average Bonchev–Trinajstić information content (AvgIpc) is 2.96. The van der Waals surface area contributed by atoms with Crippen LogP contribution in [0.15, 0.2) is 40.7 Å². The Labute approximate surface area is 145 Å². The Bertz CT molecular complexity index is 822. The van der Waals surface area contributed by atoms with Crippen molar-refractivity contribution >= 4 is 23.5 Å². The van der Waals surface area contributed by atoms with E-state index in [1.165, 1.54) is 5.56 Å². The second kappa shape index (κ2) is 6.09. The number of ketones is 1. The van der Waals surface area contributed by atoms with Gasteiger partial charge in [-0.15, -0.1) is 5.10 Å². The number of benzene rings is 1. The van der Waals surface area contributed by atoms with Crippen molar-refractivity contribution in [2.75, 3.05) is 11.1 Å². The summed E-state index contributed by atoms with van der Waals surface area (Å²) in [6.07, 6.45) is 2.41. The maximum atomic E-state index is 12.7. The number of nitrogens with one attached hydrogen (secondary N) is 1. The van der Waals surface area contributed by atoms with Crippen LogP contribution in [0.25, 0.3) is 0 Å².